The standard InChI is InChI=1S/C15H15ClN2S/c16-13-8-4-5-9-14(13)18-15(19)17-11-10-12-6-2-1-3-7-12/h1-9H,10-11H2,(H2,17,18,19). The minimum absolute atomic E-state index is 0.587. The number of rotatable bonds is 4. The molecule has 0 aliphatic heterocycles. The molecule has 0 aromatic heterocycles. The summed E-state index contributed by atoms with van der Waals surface area (Å²) in [6.07, 6.45) is 0.936. The topological polar surface area (TPSA) is 24.1 Å². The molecule has 0 spiro atoms. The van der Waals surface area contributed by atoms with Crippen molar-refractivity contribution < 1.29 is 0 Å². The van der Waals surface area contributed by atoms with Gasteiger partial charge in [-0.25, -0.2) is 0 Å². The Hall–Kier alpha value is -1.58. The molecule has 2 aromatic rings. The second kappa shape index (κ2) is 7.12. The molecule has 2 rings (SSSR count). The molecule has 0 bridgehead atoms. The van der Waals surface area contributed by atoms with Gasteiger partial charge in [0.2, 0.25) is 0 Å². The predicted octanol–water partition coefficient (Wildman–Crippen LogP) is 3.87. The molecule has 0 radical (unpaired) electrons. The summed E-state index contributed by atoms with van der Waals surface area (Å²) in [6.45, 7) is 0.792. The van der Waals surface area contributed by atoms with Crippen LogP contribution in [0.1, 0.15) is 5.56 Å². The number of hydrogen-bond donors (Lipinski definition) is 2. The van der Waals surface area contributed by atoms with Gasteiger partial charge in [0.15, 0.2) is 5.11 Å². The highest BCUT2D eigenvalue weighted by Crippen LogP contribution is 2.20. The van der Waals surface area contributed by atoms with Gasteiger partial charge in [-0.05, 0) is 36.3 Å². The molecule has 2 N–H and O–H groups in total. The number of para-hydroxylation sites is 1. The fourth-order valence-corrected chi connectivity index (χ4v) is 2.09. The lowest BCUT2D eigenvalue weighted by atomic mass is 10.1. The van der Waals surface area contributed by atoms with Crippen molar-refractivity contribution in [2.75, 3.05) is 11.9 Å². The lowest BCUT2D eigenvalue weighted by molar-refractivity contribution is 0.873. The minimum Gasteiger partial charge on any atom is -0.362 e. The number of anilines is 1. The van der Waals surface area contributed by atoms with Crippen molar-refractivity contribution in [1.82, 2.24) is 5.32 Å². The van der Waals surface area contributed by atoms with Crippen LogP contribution in [0.4, 0.5) is 5.69 Å². The monoisotopic (exact) mass is 290 g/mol. The van der Waals surface area contributed by atoms with E-state index < -0.39 is 0 Å². The number of benzene rings is 2. The molecule has 0 aliphatic carbocycles. The highest BCUT2D eigenvalue weighted by atomic mass is 35.5. The van der Waals surface area contributed by atoms with Gasteiger partial charge >= 0.3 is 0 Å². The first-order chi connectivity index (χ1) is 9.25. The summed E-state index contributed by atoms with van der Waals surface area (Å²) in [5.41, 5.74) is 2.11. The summed E-state index contributed by atoms with van der Waals surface area (Å²) in [5, 5.41) is 7.50. The fraction of sp³-hybridized carbons (Fsp3) is 0.133. The van der Waals surface area contributed by atoms with Gasteiger partial charge in [0.05, 0.1) is 10.7 Å². The summed E-state index contributed by atoms with van der Waals surface area (Å²) in [5.74, 6) is 0. The van der Waals surface area contributed by atoms with Crippen LogP contribution in [0.25, 0.3) is 0 Å². The summed E-state index contributed by atoms with van der Waals surface area (Å²) >= 11 is 11.3. The van der Waals surface area contributed by atoms with E-state index in [2.05, 4.69) is 22.8 Å². The van der Waals surface area contributed by atoms with Crippen molar-refractivity contribution in [3.8, 4) is 0 Å². The Morgan fingerprint density at radius 3 is 2.42 bits per heavy atom. The van der Waals surface area contributed by atoms with Gasteiger partial charge in [0.25, 0.3) is 0 Å². The molecule has 0 saturated heterocycles. The van der Waals surface area contributed by atoms with Crippen LogP contribution in [-0.2, 0) is 6.42 Å². The average molecular weight is 291 g/mol. The largest absolute Gasteiger partial charge is 0.362 e. The Morgan fingerprint density at radius 1 is 1.00 bits per heavy atom. The highest BCUT2D eigenvalue weighted by Gasteiger charge is 2.01. The van der Waals surface area contributed by atoms with E-state index in [1.165, 1.54) is 5.56 Å². The van der Waals surface area contributed by atoms with Gasteiger partial charge in [-0.1, -0.05) is 54.1 Å². The van der Waals surface area contributed by atoms with E-state index in [1.807, 2.05) is 42.5 Å². The zero-order chi connectivity index (χ0) is 13.5. The number of halogens is 1. The molecule has 0 fully saturated rings. The molecule has 2 aromatic carbocycles. The normalized spacial score (nSPS) is 9.95. The molecular weight excluding hydrogens is 276 g/mol. The van der Waals surface area contributed by atoms with E-state index in [9.17, 15) is 0 Å². The van der Waals surface area contributed by atoms with Crippen LogP contribution < -0.4 is 10.6 Å². The van der Waals surface area contributed by atoms with Gasteiger partial charge in [-0.2, -0.15) is 0 Å². The maximum atomic E-state index is 6.05. The van der Waals surface area contributed by atoms with E-state index in [-0.39, 0.29) is 0 Å². The highest BCUT2D eigenvalue weighted by molar-refractivity contribution is 7.80. The number of hydrogen-bond acceptors (Lipinski definition) is 1. The Bertz CT molecular complexity index is 543. The van der Waals surface area contributed by atoms with Gasteiger partial charge in [-0.3, -0.25) is 0 Å². The number of thiocarbonyl (C=S) groups is 1. The Balaban J connectivity index is 1.78. The van der Waals surface area contributed by atoms with Gasteiger partial charge in [0.1, 0.15) is 0 Å². The third kappa shape index (κ3) is 4.54. The number of nitrogens with one attached hydrogen (secondary N) is 2. The second-order valence-electron chi connectivity index (χ2n) is 4.10. The molecule has 0 heterocycles. The molecule has 0 unspecified atom stereocenters. The molecule has 0 saturated carbocycles. The lowest BCUT2D eigenvalue weighted by Crippen LogP contribution is -2.30. The minimum atomic E-state index is 0.587. The van der Waals surface area contributed by atoms with E-state index in [4.69, 9.17) is 23.8 Å². The third-order valence-electron chi connectivity index (χ3n) is 2.66. The van der Waals surface area contributed by atoms with Gasteiger partial charge in [-0.15, -0.1) is 0 Å². The Labute approximate surface area is 123 Å². The molecule has 0 amide bonds. The average Bonchev–Trinajstić information content (AvgIpc) is 2.43. The van der Waals surface area contributed by atoms with Crippen LogP contribution in [-0.4, -0.2) is 11.7 Å². The smallest absolute Gasteiger partial charge is 0.170 e. The molecular formula is C15H15ClN2S. The van der Waals surface area contributed by atoms with Crippen LogP contribution in [0, 0.1) is 0 Å². The maximum absolute atomic E-state index is 6.05. The summed E-state index contributed by atoms with van der Waals surface area (Å²) in [4.78, 5) is 0. The molecule has 19 heavy (non-hydrogen) atoms. The van der Waals surface area contributed by atoms with Gasteiger partial charge in [0, 0.05) is 6.54 Å². The maximum Gasteiger partial charge on any atom is 0.170 e. The van der Waals surface area contributed by atoms with E-state index in [0.29, 0.717) is 10.1 Å². The van der Waals surface area contributed by atoms with Crippen molar-refractivity contribution in [3.05, 3.63) is 65.2 Å². The predicted molar refractivity (Wildman–Crippen MR) is 85.8 cm³/mol. The third-order valence-corrected chi connectivity index (χ3v) is 3.24. The Morgan fingerprint density at radius 2 is 1.68 bits per heavy atom. The van der Waals surface area contributed by atoms with Crippen LogP contribution in [0.15, 0.2) is 54.6 Å². The molecule has 0 aliphatic rings. The van der Waals surface area contributed by atoms with Crippen molar-refractivity contribution in [2.45, 2.75) is 6.42 Å². The second-order valence-corrected chi connectivity index (χ2v) is 4.91. The van der Waals surface area contributed by atoms with Crippen LogP contribution in [0.3, 0.4) is 0 Å². The molecule has 2 nitrogen and oxygen atoms in total. The Kier molecular flexibility index (Phi) is 5.19. The van der Waals surface area contributed by atoms with E-state index in [1.54, 1.807) is 0 Å². The first-order valence-electron chi connectivity index (χ1n) is 6.09. The van der Waals surface area contributed by atoms with Crippen molar-refractivity contribution in [1.29, 1.82) is 0 Å². The SMILES string of the molecule is S=C(NCCc1ccccc1)Nc1ccccc1Cl. The first kappa shape index (κ1) is 13.8. The first-order valence-corrected chi connectivity index (χ1v) is 6.87. The fourth-order valence-electron chi connectivity index (χ4n) is 1.69. The van der Waals surface area contributed by atoms with E-state index >= 15 is 0 Å². The summed E-state index contributed by atoms with van der Waals surface area (Å²) in [6, 6.07) is 17.8. The summed E-state index contributed by atoms with van der Waals surface area (Å²) < 4.78 is 0. The molecule has 98 valence electrons. The van der Waals surface area contributed by atoms with Crippen molar-refractivity contribution in [3.63, 3.8) is 0 Å². The summed E-state index contributed by atoms with van der Waals surface area (Å²) in [7, 11) is 0. The van der Waals surface area contributed by atoms with E-state index in [0.717, 1.165) is 18.7 Å². The zero-order valence-corrected chi connectivity index (χ0v) is 12.0. The quantitative estimate of drug-likeness (QED) is 0.836. The van der Waals surface area contributed by atoms with Gasteiger partial charge < -0.3 is 10.6 Å². The van der Waals surface area contributed by atoms with Crippen LogP contribution in [0.5, 0.6) is 0 Å². The molecule has 4 heteroatoms. The van der Waals surface area contributed by atoms with Crippen molar-refractivity contribution in [2.24, 2.45) is 0 Å². The lowest BCUT2D eigenvalue weighted by Gasteiger charge is -2.11. The van der Waals surface area contributed by atoms with Crippen LogP contribution >= 0.6 is 23.8 Å². The molecule has 0 atom stereocenters. The van der Waals surface area contributed by atoms with Crippen LogP contribution in [0.2, 0.25) is 5.02 Å². The van der Waals surface area contributed by atoms with Crippen molar-refractivity contribution >= 4 is 34.6 Å². The zero-order valence-electron chi connectivity index (χ0n) is 10.4.